The predicted octanol–water partition coefficient (Wildman–Crippen LogP) is 2.47. The maximum Gasteiger partial charge on any atom is 0.184 e. The Labute approximate surface area is 135 Å². The molecule has 0 radical (unpaired) electrons. The quantitative estimate of drug-likeness (QED) is 0.693. The highest BCUT2D eigenvalue weighted by molar-refractivity contribution is 14.1. The molecule has 2 heterocycles. The summed E-state index contributed by atoms with van der Waals surface area (Å²) in [5.41, 5.74) is 8.36. The molecule has 0 spiro atoms. The second-order valence-electron chi connectivity index (χ2n) is 4.40. The van der Waals surface area contributed by atoms with Gasteiger partial charge in [-0.25, -0.2) is 9.97 Å². The van der Waals surface area contributed by atoms with Crippen molar-refractivity contribution in [2.24, 2.45) is 0 Å². The van der Waals surface area contributed by atoms with Gasteiger partial charge in [0, 0.05) is 0 Å². The number of anilines is 1. The Hall–Kier alpha value is -2.03. The zero-order chi connectivity index (χ0) is 14.8. The van der Waals surface area contributed by atoms with Gasteiger partial charge in [0.15, 0.2) is 11.5 Å². The van der Waals surface area contributed by atoms with Crippen LogP contribution in [-0.4, -0.2) is 25.0 Å². The summed E-state index contributed by atoms with van der Waals surface area (Å²) in [4.78, 5) is 10.4. The van der Waals surface area contributed by atoms with Gasteiger partial charge in [-0.3, -0.25) is 0 Å². The molecule has 0 fully saturated rings. The van der Waals surface area contributed by atoms with Gasteiger partial charge in [-0.15, -0.1) is 5.10 Å². The molecule has 0 bridgehead atoms. The van der Waals surface area contributed by atoms with E-state index in [2.05, 4.69) is 42.8 Å². The molecule has 2 N–H and O–H groups in total. The minimum atomic E-state index is 0.478. The van der Waals surface area contributed by atoms with Gasteiger partial charge in [-0.05, 0) is 41.1 Å². The number of aromatic nitrogens is 5. The summed E-state index contributed by atoms with van der Waals surface area (Å²) in [5, 5.41) is 8.67. The molecule has 21 heavy (non-hydrogen) atoms. The zero-order valence-corrected chi connectivity index (χ0v) is 13.5. The number of hydrogen-bond donors (Lipinski definition) is 1. The number of nitrogens with two attached hydrogens (primary N) is 1. The number of benzene rings is 1. The van der Waals surface area contributed by atoms with Crippen LogP contribution in [0.5, 0.6) is 0 Å². The Kier molecular flexibility index (Phi) is 3.82. The van der Waals surface area contributed by atoms with Crippen LogP contribution < -0.4 is 5.73 Å². The first-order valence-electron chi connectivity index (χ1n) is 6.49. The maximum atomic E-state index is 5.94. The fraction of sp³-hybridized carbons (Fsp3) is 0.143. The normalized spacial score (nSPS) is 10.8. The van der Waals surface area contributed by atoms with Crippen LogP contribution in [0, 0.1) is 3.57 Å². The first-order valence-corrected chi connectivity index (χ1v) is 7.57. The van der Waals surface area contributed by atoms with Crippen LogP contribution in [-0.2, 0) is 6.42 Å². The monoisotopic (exact) mass is 392 g/mol. The number of para-hydroxylation sites is 1. The Morgan fingerprint density at radius 1 is 1.19 bits per heavy atom. The lowest BCUT2D eigenvalue weighted by Gasteiger charge is -2.05. The molecule has 0 aliphatic carbocycles. The van der Waals surface area contributed by atoms with Gasteiger partial charge in [-0.1, -0.05) is 25.1 Å². The van der Waals surface area contributed by atoms with Gasteiger partial charge < -0.3 is 5.73 Å². The number of nitrogens with zero attached hydrogens (tertiary/aromatic N) is 5. The van der Waals surface area contributed by atoms with Crippen LogP contribution in [0.15, 0.2) is 36.5 Å². The topological polar surface area (TPSA) is 82.5 Å². The van der Waals surface area contributed by atoms with Gasteiger partial charge in [0.1, 0.15) is 5.82 Å². The van der Waals surface area contributed by atoms with Gasteiger partial charge >= 0.3 is 0 Å². The molecule has 1 aromatic carbocycles. The van der Waals surface area contributed by atoms with E-state index in [-0.39, 0.29) is 0 Å². The molecule has 106 valence electrons. The van der Waals surface area contributed by atoms with Crippen LogP contribution in [0.4, 0.5) is 5.82 Å². The molecule has 3 aromatic rings. The lowest BCUT2D eigenvalue weighted by Crippen LogP contribution is -2.05. The minimum absolute atomic E-state index is 0.478. The fourth-order valence-electron chi connectivity index (χ4n) is 1.91. The zero-order valence-electron chi connectivity index (χ0n) is 11.4. The molecule has 0 amide bonds. The third kappa shape index (κ3) is 2.73. The second-order valence-corrected chi connectivity index (χ2v) is 5.48. The van der Waals surface area contributed by atoms with E-state index in [0.717, 1.165) is 21.4 Å². The average molecular weight is 392 g/mol. The van der Waals surface area contributed by atoms with E-state index in [1.165, 1.54) is 0 Å². The molecule has 0 saturated heterocycles. The molecule has 3 rings (SSSR count). The first-order chi connectivity index (χ1) is 10.2. The van der Waals surface area contributed by atoms with E-state index in [1.807, 2.05) is 37.3 Å². The van der Waals surface area contributed by atoms with Crippen molar-refractivity contribution in [2.45, 2.75) is 13.3 Å². The van der Waals surface area contributed by atoms with Crippen molar-refractivity contribution in [3.8, 4) is 17.2 Å². The molecule has 6 nitrogen and oxygen atoms in total. The molecule has 7 heteroatoms. The van der Waals surface area contributed by atoms with Crippen molar-refractivity contribution in [2.75, 3.05) is 5.73 Å². The summed E-state index contributed by atoms with van der Waals surface area (Å²) in [5.74, 6) is 0.985. The summed E-state index contributed by atoms with van der Waals surface area (Å²) >= 11 is 2.16. The molecule has 0 unspecified atom stereocenters. The van der Waals surface area contributed by atoms with E-state index in [0.29, 0.717) is 17.3 Å². The largest absolute Gasteiger partial charge is 0.383 e. The second kappa shape index (κ2) is 5.76. The Morgan fingerprint density at radius 2 is 1.95 bits per heavy atom. The molecule has 2 aromatic heterocycles. The van der Waals surface area contributed by atoms with Crippen molar-refractivity contribution in [3.05, 3.63) is 45.8 Å². The van der Waals surface area contributed by atoms with Crippen LogP contribution in [0.2, 0.25) is 0 Å². The molecule has 0 atom stereocenters. The van der Waals surface area contributed by atoms with Gasteiger partial charge in [0.2, 0.25) is 0 Å². The van der Waals surface area contributed by atoms with E-state index in [9.17, 15) is 0 Å². The highest BCUT2D eigenvalue weighted by Gasteiger charge is 2.13. The standard InChI is InChI=1S/C14H13IN6/c1-2-10-12(15)13(16)19-14(18-10)11-8-17-21(20-11)9-6-4-3-5-7-9/h3-8H,2H2,1H3,(H2,16,18,19). The van der Waals surface area contributed by atoms with Crippen LogP contribution in [0.3, 0.4) is 0 Å². The SMILES string of the molecule is CCc1nc(-c2cnn(-c3ccccc3)n2)nc(N)c1I. The first kappa shape index (κ1) is 13.9. The third-order valence-corrected chi connectivity index (χ3v) is 4.16. The summed E-state index contributed by atoms with van der Waals surface area (Å²) in [6, 6.07) is 9.69. The van der Waals surface area contributed by atoms with Crippen LogP contribution in [0.25, 0.3) is 17.2 Å². The molecule has 0 aliphatic heterocycles. The summed E-state index contributed by atoms with van der Waals surface area (Å²) in [6.45, 7) is 2.04. The number of aryl methyl sites for hydroxylation is 1. The highest BCUT2D eigenvalue weighted by Crippen LogP contribution is 2.21. The minimum Gasteiger partial charge on any atom is -0.383 e. The van der Waals surface area contributed by atoms with Gasteiger partial charge in [0.05, 0.1) is 21.1 Å². The number of halogens is 1. The van der Waals surface area contributed by atoms with E-state index >= 15 is 0 Å². The van der Waals surface area contributed by atoms with Gasteiger partial charge in [0.25, 0.3) is 0 Å². The number of nitrogen functional groups attached to an aromatic ring is 1. The van der Waals surface area contributed by atoms with E-state index < -0.39 is 0 Å². The van der Waals surface area contributed by atoms with Crippen molar-refractivity contribution in [3.63, 3.8) is 0 Å². The Morgan fingerprint density at radius 3 is 2.67 bits per heavy atom. The summed E-state index contributed by atoms with van der Waals surface area (Å²) < 4.78 is 0.898. The number of rotatable bonds is 3. The average Bonchev–Trinajstić information content (AvgIpc) is 3.00. The van der Waals surface area contributed by atoms with Crippen molar-refractivity contribution < 1.29 is 0 Å². The smallest absolute Gasteiger partial charge is 0.184 e. The molecular weight excluding hydrogens is 379 g/mol. The van der Waals surface area contributed by atoms with Crippen molar-refractivity contribution in [1.29, 1.82) is 0 Å². The predicted molar refractivity (Wildman–Crippen MR) is 88.9 cm³/mol. The van der Waals surface area contributed by atoms with E-state index in [1.54, 1.807) is 11.0 Å². The summed E-state index contributed by atoms with van der Waals surface area (Å²) in [6.07, 6.45) is 2.44. The van der Waals surface area contributed by atoms with Crippen molar-refractivity contribution >= 4 is 28.4 Å². The molecule has 0 aliphatic rings. The summed E-state index contributed by atoms with van der Waals surface area (Å²) in [7, 11) is 0. The van der Waals surface area contributed by atoms with Crippen LogP contribution >= 0.6 is 22.6 Å². The van der Waals surface area contributed by atoms with Gasteiger partial charge in [-0.2, -0.15) is 9.90 Å². The van der Waals surface area contributed by atoms with E-state index in [4.69, 9.17) is 5.73 Å². The lowest BCUT2D eigenvalue weighted by atomic mass is 10.3. The highest BCUT2D eigenvalue weighted by atomic mass is 127. The van der Waals surface area contributed by atoms with Crippen molar-refractivity contribution in [1.82, 2.24) is 25.0 Å². The molecular formula is C14H13IN6. The maximum absolute atomic E-state index is 5.94. The lowest BCUT2D eigenvalue weighted by molar-refractivity contribution is 0.752. The Balaban J connectivity index is 2.03. The molecule has 0 saturated carbocycles. The van der Waals surface area contributed by atoms with Crippen LogP contribution in [0.1, 0.15) is 12.6 Å². The Bertz CT molecular complexity index is 768. The number of hydrogen-bond acceptors (Lipinski definition) is 5. The third-order valence-electron chi connectivity index (χ3n) is 2.99. The fourth-order valence-corrected chi connectivity index (χ4v) is 2.54.